The Kier molecular flexibility index (Phi) is 3.83. The minimum atomic E-state index is -0.299. The molecule has 3 rings (SSSR count). The molecule has 5 heteroatoms. The van der Waals surface area contributed by atoms with Gasteiger partial charge in [0.2, 0.25) is 0 Å². The zero-order chi connectivity index (χ0) is 14.7. The number of nitrogens with zero attached hydrogens (tertiary/aromatic N) is 2. The fourth-order valence-corrected chi connectivity index (χ4v) is 2.73. The highest BCUT2D eigenvalue weighted by Gasteiger charge is 2.22. The summed E-state index contributed by atoms with van der Waals surface area (Å²) in [6, 6.07) is 15.5. The highest BCUT2D eigenvalue weighted by molar-refractivity contribution is 5.62. The second-order valence-corrected chi connectivity index (χ2v) is 5.12. The summed E-state index contributed by atoms with van der Waals surface area (Å²) in [6.45, 7) is 2.95. The van der Waals surface area contributed by atoms with Crippen LogP contribution in [-0.2, 0) is 13.1 Å². The van der Waals surface area contributed by atoms with Crippen LogP contribution in [-0.4, -0.2) is 18.0 Å². The van der Waals surface area contributed by atoms with Gasteiger partial charge in [0, 0.05) is 37.9 Å². The maximum absolute atomic E-state index is 11.2. The zero-order valence-corrected chi connectivity index (χ0v) is 11.7. The first-order valence-electron chi connectivity index (χ1n) is 7.01. The van der Waals surface area contributed by atoms with Gasteiger partial charge >= 0.3 is 0 Å². The summed E-state index contributed by atoms with van der Waals surface area (Å²) in [5.74, 6) is 0. The largest absolute Gasteiger partial charge is 0.365 e. The molecule has 0 unspecified atom stereocenters. The monoisotopic (exact) mass is 283 g/mol. The lowest BCUT2D eigenvalue weighted by atomic mass is 10.1. The molecule has 0 radical (unpaired) electrons. The topological polar surface area (TPSA) is 58.4 Å². The maximum Gasteiger partial charge on any atom is 0.275 e. The van der Waals surface area contributed by atoms with Crippen molar-refractivity contribution in [2.24, 2.45) is 0 Å². The molecule has 0 aliphatic carbocycles. The Hall–Kier alpha value is -2.40. The van der Waals surface area contributed by atoms with Crippen LogP contribution in [0.4, 0.5) is 11.4 Å². The van der Waals surface area contributed by atoms with Crippen LogP contribution in [0.15, 0.2) is 48.5 Å². The lowest BCUT2D eigenvalue weighted by Gasteiger charge is -2.24. The maximum atomic E-state index is 11.2. The number of hydrogen-bond donors (Lipinski definition) is 1. The molecule has 0 aromatic heterocycles. The summed E-state index contributed by atoms with van der Waals surface area (Å²) in [5, 5.41) is 14.5. The molecule has 0 atom stereocenters. The highest BCUT2D eigenvalue weighted by Crippen LogP contribution is 2.31. The van der Waals surface area contributed by atoms with Gasteiger partial charge in [0.05, 0.1) is 10.5 Å². The Labute approximate surface area is 123 Å². The number of nitro benzene ring substituents is 1. The molecular weight excluding hydrogens is 266 g/mol. The van der Waals surface area contributed by atoms with Crippen molar-refractivity contribution in [3.63, 3.8) is 0 Å². The van der Waals surface area contributed by atoms with Crippen molar-refractivity contribution in [1.29, 1.82) is 0 Å². The first-order chi connectivity index (χ1) is 10.3. The van der Waals surface area contributed by atoms with Gasteiger partial charge in [-0.15, -0.1) is 0 Å². The molecule has 5 nitrogen and oxygen atoms in total. The minimum absolute atomic E-state index is 0.194. The Balaban J connectivity index is 1.97. The first kappa shape index (κ1) is 13.6. The second-order valence-electron chi connectivity index (χ2n) is 5.12. The molecule has 2 aromatic rings. The third kappa shape index (κ3) is 2.87. The van der Waals surface area contributed by atoms with Crippen LogP contribution in [0, 0.1) is 10.1 Å². The van der Waals surface area contributed by atoms with Crippen molar-refractivity contribution in [1.82, 2.24) is 5.32 Å². The van der Waals surface area contributed by atoms with Gasteiger partial charge in [-0.25, -0.2) is 0 Å². The summed E-state index contributed by atoms with van der Waals surface area (Å²) in [5.41, 5.74) is 3.13. The quantitative estimate of drug-likeness (QED) is 0.695. The molecule has 0 saturated carbocycles. The number of rotatable bonds is 3. The summed E-state index contributed by atoms with van der Waals surface area (Å²) in [7, 11) is 0. The van der Waals surface area contributed by atoms with E-state index in [4.69, 9.17) is 0 Å². The van der Waals surface area contributed by atoms with Gasteiger partial charge in [0.1, 0.15) is 0 Å². The lowest BCUT2D eigenvalue weighted by molar-refractivity contribution is -0.385. The van der Waals surface area contributed by atoms with E-state index in [1.54, 1.807) is 12.1 Å². The van der Waals surface area contributed by atoms with Crippen LogP contribution < -0.4 is 10.2 Å². The van der Waals surface area contributed by atoms with Crippen molar-refractivity contribution in [2.75, 3.05) is 18.0 Å². The van der Waals surface area contributed by atoms with Crippen molar-refractivity contribution >= 4 is 11.4 Å². The van der Waals surface area contributed by atoms with E-state index in [1.165, 1.54) is 5.56 Å². The van der Waals surface area contributed by atoms with Crippen LogP contribution in [0.25, 0.3) is 0 Å². The molecule has 0 saturated heterocycles. The Morgan fingerprint density at radius 2 is 1.95 bits per heavy atom. The SMILES string of the molecule is O=[N+]([O-])c1cccc2c1CNCCN2Cc1ccccc1. The van der Waals surface area contributed by atoms with E-state index >= 15 is 0 Å². The molecule has 0 bridgehead atoms. The number of nitro groups is 1. The third-order valence-corrected chi connectivity index (χ3v) is 3.74. The normalized spacial score (nSPS) is 14.4. The zero-order valence-electron chi connectivity index (χ0n) is 11.7. The van der Waals surface area contributed by atoms with Crippen LogP contribution in [0.1, 0.15) is 11.1 Å². The molecule has 108 valence electrons. The predicted octanol–water partition coefficient (Wildman–Crippen LogP) is 2.70. The van der Waals surface area contributed by atoms with Gasteiger partial charge < -0.3 is 10.2 Å². The van der Waals surface area contributed by atoms with E-state index in [9.17, 15) is 10.1 Å². The van der Waals surface area contributed by atoms with E-state index in [-0.39, 0.29) is 10.6 Å². The lowest BCUT2D eigenvalue weighted by Crippen LogP contribution is -2.28. The van der Waals surface area contributed by atoms with Gasteiger partial charge in [0.25, 0.3) is 5.69 Å². The Bertz CT molecular complexity index is 643. The number of nitrogens with one attached hydrogen (secondary N) is 1. The molecular formula is C16H17N3O2. The second kappa shape index (κ2) is 5.93. The summed E-state index contributed by atoms with van der Waals surface area (Å²) in [4.78, 5) is 13.1. The summed E-state index contributed by atoms with van der Waals surface area (Å²) >= 11 is 0. The first-order valence-corrected chi connectivity index (χ1v) is 7.01. The van der Waals surface area contributed by atoms with Crippen LogP contribution >= 0.6 is 0 Å². The van der Waals surface area contributed by atoms with E-state index in [0.29, 0.717) is 6.54 Å². The Morgan fingerprint density at radius 3 is 2.71 bits per heavy atom. The van der Waals surface area contributed by atoms with E-state index in [2.05, 4.69) is 22.3 Å². The number of anilines is 1. The van der Waals surface area contributed by atoms with E-state index in [1.807, 2.05) is 24.3 Å². The Morgan fingerprint density at radius 1 is 1.14 bits per heavy atom. The van der Waals surface area contributed by atoms with Gasteiger partial charge in [-0.2, -0.15) is 0 Å². The van der Waals surface area contributed by atoms with Gasteiger partial charge in [-0.05, 0) is 11.6 Å². The van der Waals surface area contributed by atoms with Crippen molar-refractivity contribution in [2.45, 2.75) is 13.1 Å². The van der Waals surface area contributed by atoms with Crippen LogP contribution in [0.2, 0.25) is 0 Å². The van der Waals surface area contributed by atoms with Gasteiger partial charge in [0.15, 0.2) is 0 Å². The smallest absolute Gasteiger partial charge is 0.275 e. The molecule has 2 aromatic carbocycles. The fraction of sp³-hybridized carbons (Fsp3) is 0.250. The van der Waals surface area contributed by atoms with Gasteiger partial charge in [-0.3, -0.25) is 10.1 Å². The van der Waals surface area contributed by atoms with E-state index < -0.39 is 0 Å². The molecule has 0 amide bonds. The number of hydrogen-bond acceptors (Lipinski definition) is 4. The van der Waals surface area contributed by atoms with Crippen molar-refractivity contribution < 1.29 is 4.92 Å². The molecule has 1 aliphatic heterocycles. The summed E-state index contributed by atoms with van der Waals surface area (Å²) in [6.07, 6.45) is 0. The van der Waals surface area contributed by atoms with Gasteiger partial charge in [-0.1, -0.05) is 36.4 Å². The standard InChI is InChI=1S/C16H17N3O2/c20-19(21)16-8-4-7-15-14(16)11-17-9-10-18(15)12-13-5-2-1-3-6-13/h1-8,17H,9-12H2. The molecule has 0 spiro atoms. The number of benzene rings is 2. The van der Waals surface area contributed by atoms with Crippen LogP contribution in [0.3, 0.4) is 0 Å². The van der Waals surface area contributed by atoms with Crippen LogP contribution in [0.5, 0.6) is 0 Å². The molecule has 1 aliphatic rings. The molecule has 21 heavy (non-hydrogen) atoms. The molecule has 1 heterocycles. The fourth-order valence-electron chi connectivity index (χ4n) is 2.73. The summed E-state index contributed by atoms with van der Waals surface area (Å²) < 4.78 is 0. The highest BCUT2D eigenvalue weighted by atomic mass is 16.6. The molecule has 1 N–H and O–H groups in total. The average Bonchev–Trinajstić information content (AvgIpc) is 2.70. The minimum Gasteiger partial charge on any atom is -0.365 e. The van der Waals surface area contributed by atoms with Crippen molar-refractivity contribution in [3.05, 3.63) is 69.8 Å². The number of fused-ring (bicyclic) bond motifs is 1. The average molecular weight is 283 g/mol. The predicted molar refractivity (Wildman–Crippen MR) is 82.3 cm³/mol. The van der Waals surface area contributed by atoms with E-state index in [0.717, 1.165) is 30.9 Å². The molecule has 0 fully saturated rings. The van der Waals surface area contributed by atoms with Crippen molar-refractivity contribution in [3.8, 4) is 0 Å². The third-order valence-electron chi connectivity index (χ3n) is 3.74.